The molecule has 1 aliphatic heterocycles. The Morgan fingerprint density at radius 1 is 1.10 bits per heavy atom. The van der Waals surface area contributed by atoms with Gasteiger partial charge in [0, 0.05) is 25.3 Å². The Morgan fingerprint density at radius 2 is 1.83 bits per heavy atom. The lowest BCUT2D eigenvalue weighted by molar-refractivity contribution is -0.220. The minimum Gasteiger partial charge on any atom is -0.394 e. The fourth-order valence-corrected chi connectivity index (χ4v) is 6.46. The van der Waals surface area contributed by atoms with E-state index < -0.39 is 65.4 Å². The predicted molar refractivity (Wildman–Crippen MR) is 131 cm³/mol. The minimum absolute atomic E-state index is 0.0294. The maximum absolute atomic E-state index is 14.5. The van der Waals surface area contributed by atoms with Gasteiger partial charge in [-0.05, 0) is 43.2 Å². The van der Waals surface area contributed by atoms with E-state index in [9.17, 15) is 32.2 Å². The molecular formula is C25H26ClF5N6O4. The summed E-state index contributed by atoms with van der Waals surface area (Å²) in [6.07, 6.45) is -5.71. The smallest absolute Gasteiger partial charge is 0.394 e. The van der Waals surface area contributed by atoms with Crippen LogP contribution in [0.2, 0.25) is 5.02 Å². The topological polar surface area (TPSA) is 120 Å². The zero-order valence-corrected chi connectivity index (χ0v) is 22.3. The van der Waals surface area contributed by atoms with E-state index in [0.717, 1.165) is 17.2 Å². The molecular weight excluding hydrogens is 579 g/mol. The summed E-state index contributed by atoms with van der Waals surface area (Å²) in [5, 5.41) is 36.2. The van der Waals surface area contributed by atoms with Crippen molar-refractivity contribution in [2.75, 3.05) is 13.7 Å². The summed E-state index contributed by atoms with van der Waals surface area (Å²) < 4.78 is 84.8. The highest BCUT2D eigenvalue weighted by molar-refractivity contribution is 6.30. The molecule has 3 aromatic rings. The molecule has 222 valence electrons. The molecule has 1 unspecified atom stereocenters. The van der Waals surface area contributed by atoms with Crippen molar-refractivity contribution in [2.45, 2.75) is 67.9 Å². The Morgan fingerprint density at radius 3 is 2.49 bits per heavy atom. The number of fused-ring (bicyclic) bond motifs is 1. The van der Waals surface area contributed by atoms with E-state index in [1.165, 1.54) is 30.3 Å². The first-order valence-electron chi connectivity index (χ1n) is 13.0. The largest absolute Gasteiger partial charge is 0.413 e. The van der Waals surface area contributed by atoms with Crippen LogP contribution in [-0.2, 0) is 21.4 Å². The van der Waals surface area contributed by atoms with E-state index in [0.29, 0.717) is 0 Å². The van der Waals surface area contributed by atoms with Crippen LogP contribution in [0.25, 0.3) is 11.3 Å². The number of aliphatic hydroxyl groups is 2. The average Bonchev–Trinajstić information content (AvgIpc) is 3.32. The van der Waals surface area contributed by atoms with Gasteiger partial charge in [-0.15, -0.1) is 10.2 Å². The number of alkyl halides is 3. The van der Waals surface area contributed by atoms with Crippen molar-refractivity contribution in [2.24, 2.45) is 11.8 Å². The van der Waals surface area contributed by atoms with Crippen molar-refractivity contribution in [3.05, 3.63) is 46.9 Å². The minimum atomic E-state index is -4.50. The molecule has 0 radical (unpaired) electrons. The Labute approximate surface area is 235 Å². The van der Waals surface area contributed by atoms with Gasteiger partial charge in [-0.1, -0.05) is 22.0 Å². The van der Waals surface area contributed by atoms with Crippen LogP contribution in [0, 0.1) is 23.5 Å². The fourth-order valence-electron chi connectivity index (χ4n) is 6.32. The number of aromatic nitrogens is 6. The molecule has 1 saturated heterocycles. The molecule has 16 heteroatoms. The van der Waals surface area contributed by atoms with E-state index >= 15 is 0 Å². The zero-order chi connectivity index (χ0) is 29.3. The van der Waals surface area contributed by atoms with E-state index in [2.05, 4.69) is 20.6 Å². The molecule has 3 fully saturated rings. The summed E-state index contributed by atoms with van der Waals surface area (Å²) in [6.45, 7) is -0.601. The van der Waals surface area contributed by atoms with E-state index in [1.54, 1.807) is 0 Å². The number of methoxy groups -OCH3 is 1. The highest BCUT2D eigenvalue weighted by Gasteiger charge is 2.67. The van der Waals surface area contributed by atoms with E-state index in [4.69, 9.17) is 21.1 Å². The van der Waals surface area contributed by atoms with Crippen molar-refractivity contribution in [3.63, 3.8) is 0 Å². The Kier molecular flexibility index (Phi) is 7.08. The number of halogens is 6. The normalized spacial score (nSPS) is 33.2. The van der Waals surface area contributed by atoms with Crippen LogP contribution >= 0.6 is 11.6 Å². The molecule has 1 aromatic carbocycles. The molecule has 6 rings (SSSR count). The van der Waals surface area contributed by atoms with Crippen molar-refractivity contribution in [1.29, 1.82) is 0 Å². The lowest BCUT2D eigenvalue weighted by Gasteiger charge is -2.43. The van der Waals surface area contributed by atoms with Gasteiger partial charge in [-0.3, -0.25) is 0 Å². The third-order valence-electron chi connectivity index (χ3n) is 8.55. The second-order valence-corrected chi connectivity index (χ2v) is 11.3. The third-order valence-corrected chi connectivity index (χ3v) is 8.84. The van der Waals surface area contributed by atoms with Crippen molar-refractivity contribution < 1.29 is 41.6 Å². The molecule has 8 atom stereocenters. The molecule has 2 N–H and O–H groups in total. The number of hydrogen-bond donors (Lipinski definition) is 2. The van der Waals surface area contributed by atoms with Gasteiger partial charge < -0.3 is 19.7 Å². The number of ether oxygens (including phenoxy) is 2. The monoisotopic (exact) mass is 604 g/mol. The predicted octanol–water partition coefficient (Wildman–Crippen LogP) is 3.08. The van der Waals surface area contributed by atoms with Gasteiger partial charge >= 0.3 is 6.18 Å². The standard InChI is InChI=1S/C25H26ClF5N6O4/c1-40-23-17(5-13-8-37(35-32-13)24(25(29,30)31)6-11-4-12(11)7-24)41-18(10-38)22(39)21(23)36-9-16(33-34-36)14-2-3-15(26)20(28)19(14)27/h2-3,8-9,11-12,17-18,21-23,38-39H,4-7,10H2,1H3/t11-,12+,17-,18-,21+,22+,23+,24?/m1/s1. The van der Waals surface area contributed by atoms with Crippen LogP contribution in [0.15, 0.2) is 24.5 Å². The van der Waals surface area contributed by atoms with Crippen molar-refractivity contribution in [3.8, 4) is 11.3 Å². The fraction of sp³-hybridized carbons (Fsp3) is 0.600. The Balaban J connectivity index is 1.28. The number of nitrogens with zero attached hydrogens (tertiary/aromatic N) is 6. The Hall–Kier alpha value is -2.72. The third kappa shape index (κ3) is 4.71. The molecule has 2 saturated carbocycles. The number of hydrogen-bond acceptors (Lipinski definition) is 8. The van der Waals surface area contributed by atoms with E-state index in [1.807, 2.05) is 0 Å². The van der Waals surface area contributed by atoms with Crippen LogP contribution in [0.4, 0.5) is 22.0 Å². The maximum Gasteiger partial charge on any atom is 0.413 e. The number of benzene rings is 1. The summed E-state index contributed by atoms with van der Waals surface area (Å²) in [4.78, 5) is 0. The first-order chi connectivity index (χ1) is 19.5. The van der Waals surface area contributed by atoms with Gasteiger partial charge in [-0.25, -0.2) is 18.1 Å². The van der Waals surface area contributed by atoms with Crippen LogP contribution < -0.4 is 0 Å². The summed E-state index contributed by atoms with van der Waals surface area (Å²) >= 11 is 5.64. The van der Waals surface area contributed by atoms with Crippen molar-refractivity contribution >= 4 is 11.6 Å². The summed E-state index contributed by atoms with van der Waals surface area (Å²) in [5.74, 6) is -2.43. The first kappa shape index (κ1) is 28.4. The second kappa shape index (κ2) is 10.2. The summed E-state index contributed by atoms with van der Waals surface area (Å²) in [5.41, 5.74) is -2.19. The van der Waals surface area contributed by atoms with E-state index in [-0.39, 0.29) is 48.0 Å². The van der Waals surface area contributed by atoms with Gasteiger partial charge in [0.1, 0.15) is 30.0 Å². The zero-order valence-electron chi connectivity index (χ0n) is 21.5. The second-order valence-electron chi connectivity index (χ2n) is 10.9. The molecule has 2 aromatic heterocycles. The molecule has 2 aliphatic carbocycles. The molecule has 41 heavy (non-hydrogen) atoms. The van der Waals surface area contributed by atoms with Crippen LogP contribution in [0.3, 0.4) is 0 Å². The van der Waals surface area contributed by atoms with Crippen molar-refractivity contribution in [1.82, 2.24) is 30.0 Å². The molecule has 3 heterocycles. The summed E-state index contributed by atoms with van der Waals surface area (Å²) in [7, 11) is 1.34. The summed E-state index contributed by atoms with van der Waals surface area (Å²) in [6, 6.07) is 1.36. The number of aliphatic hydroxyl groups excluding tert-OH is 2. The van der Waals surface area contributed by atoms with Gasteiger partial charge in [0.25, 0.3) is 0 Å². The van der Waals surface area contributed by atoms with Gasteiger partial charge in [0.15, 0.2) is 17.2 Å². The highest BCUT2D eigenvalue weighted by Crippen LogP contribution is 2.63. The van der Waals surface area contributed by atoms with Gasteiger partial charge in [0.05, 0.1) is 29.6 Å². The average molecular weight is 605 g/mol. The molecule has 3 aliphatic rings. The quantitative estimate of drug-likeness (QED) is 0.312. The van der Waals surface area contributed by atoms with Crippen LogP contribution in [0.5, 0.6) is 0 Å². The lowest BCUT2D eigenvalue weighted by atomic mass is 9.90. The molecule has 0 bridgehead atoms. The molecule has 10 nitrogen and oxygen atoms in total. The maximum atomic E-state index is 14.5. The first-order valence-corrected chi connectivity index (χ1v) is 13.4. The number of rotatable bonds is 7. The molecule has 0 amide bonds. The van der Waals surface area contributed by atoms with Gasteiger partial charge in [-0.2, -0.15) is 13.2 Å². The van der Waals surface area contributed by atoms with Crippen LogP contribution in [-0.4, -0.2) is 84.5 Å². The van der Waals surface area contributed by atoms with Crippen LogP contribution in [0.1, 0.15) is 31.0 Å². The van der Waals surface area contributed by atoms with Gasteiger partial charge in [0.2, 0.25) is 0 Å². The Bertz CT molecular complexity index is 1430. The highest BCUT2D eigenvalue weighted by atomic mass is 35.5. The SMILES string of the molecule is CO[C@@H]1[C@@H](n2cc(-c3ccc(Cl)c(F)c3F)nn2)[C@@H](O)[C@@H](CO)O[C@@H]1Cc1cn(C2(C(F)(F)F)C[C@H]3C[C@H]3C2)nn1. The lowest BCUT2D eigenvalue weighted by Crippen LogP contribution is -2.57. The molecule has 0 spiro atoms.